The summed E-state index contributed by atoms with van der Waals surface area (Å²) in [5, 5.41) is 3.68. The minimum absolute atomic E-state index is 0.323. The maximum absolute atomic E-state index is 5.72. The van der Waals surface area contributed by atoms with E-state index in [-0.39, 0.29) is 0 Å². The molecule has 0 unspecified atom stereocenters. The fourth-order valence-electron chi connectivity index (χ4n) is 1.16. The predicted molar refractivity (Wildman–Crippen MR) is 60.0 cm³/mol. The van der Waals surface area contributed by atoms with Crippen LogP contribution in [0.3, 0.4) is 0 Å². The molecule has 1 aromatic carbocycles. The molecule has 0 atom stereocenters. The molecule has 15 heavy (non-hydrogen) atoms. The molecule has 0 aliphatic heterocycles. The molecule has 0 aliphatic rings. The molecule has 0 saturated carbocycles. The first-order chi connectivity index (χ1) is 7.29. The zero-order valence-corrected chi connectivity index (χ0v) is 9.06. The summed E-state index contributed by atoms with van der Waals surface area (Å²) in [7, 11) is 1.46. The molecule has 0 saturated heterocycles. The first kappa shape index (κ1) is 11.4. The van der Waals surface area contributed by atoms with Crippen LogP contribution in [-0.2, 0) is 4.84 Å². The highest BCUT2D eigenvalue weighted by Crippen LogP contribution is 2.17. The van der Waals surface area contributed by atoms with Crippen LogP contribution in [0.2, 0.25) is 0 Å². The lowest BCUT2D eigenvalue weighted by Crippen LogP contribution is -2.15. The van der Waals surface area contributed by atoms with E-state index >= 15 is 0 Å². The third kappa shape index (κ3) is 3.16. The SMILES string of the molecule is CCCOc1ccccc1C(N)=NOC. The van der Waals surface area contributed by atoms with E-state index in [9.17, 15) is 0 Å². The summed E-state index contributed by atoms with van der Waals surface area (Å²) in [5.41, 5.74) is 6.48. The standard InChI is InChI=1S/C11H16N2O2/c1-3-8-15-10-7-5-4-6-9(10)11(12)13-14-2/h4-7H,3,8H2,1-2H3,(H2,12,13). The number of nitrogens with zero attached hydrogens (tertiary/aromatic N) is 1. The van der Waals surface area contributed by atoms with Gasteiger partial charge in [0.25, 0.3) is 0 Å². The molecular formula is C11H16N2O2. The van der Waals surface area contributed by atoms with Gasteiger partial charge in [0, 0.05) is 0 Å². The molecule has 0 heterocycles. The zero-order chi connectivity index (χ0) is 11.1. The van der Waals surface area contributed by atoms with Crippen molar-refractivity contribution >= 4 is 5.84 Å². The van der Waals surface area contributed by atoms with E-state index in [1.807, 2.05) is 24.3 Å². The Bertz CT molecular complexity index is 337. The van der Waals surface area contributed by atoms with Crippen molar-refractivity contribution in [1.29, 1.82) is 0 Å². The monoisotopic (exact) mass is 208 g/mol. The number of para-hydroxylation sites is 1. The zero-order valence-electron chi connectivity index (χ0n) is 9.06. The summed E-state index contributed by atoms with van der Waals surface area (Å²) in [5.74, 6) is 1.06. The van der Waals surface area contributed by atoms with Crippen molar-refractivity contribution in [1.82, 2.24) is 0 Å². The predicted octanol–water partition coefficient (Wildman–Crippen LogP) is 1.74. The van der Waals surface area contributed by atoms with Crippen LogP contribution >= 0.6 is 0 Å². The summed E-state index contributed by atoms with van der Waals surface area (Å²) < 4.78 is 5.54. The Hall–Kier alpha value is -1.71. The molecule has 0 bridgehead atoms. The second-order valence-electron chi connectivity index (χ2n) is 3.00. The van der Waals surface area contributed by atoms with Crippen molar-refractivity contribution in [3.8, 4) is 5.75 Å². The molecule has 2 N–H and O–H groups in total. The van der Waals surface area contributed by atoms with E-state index in [4.69, 9.17) is 10.5 Å². The van der Waals surface area contributed by atoms with Crippen molar-refractivity contribution in [3.63, 3.8) is 0 Å². The number of rotatable bonds is 5. The van der Waals surface area contributed by atoms with E-state index < -0.39 is 0 Å². The summed E-state index contributed by atoms with van der Waals surface area (Å²) in [6.45, 7) is 2.71. The Kier molecular flexibility index (Phi) is 4.47. The molecule has 0 radical (unpaired) electrons. The summed E-state index contributed by atoms with van der Waals surface area (Å²) in [6.07, 6.45) is 0.954. The first-order valence-electron chi connectivity index (χ1n) is 4.88. The van der Waals surface area contributed by atoms with Gasteiger partial charge in [0.2, 0.25) is 0 Å². The van der Waals surface area contributed by atoms with Crippen LogP contribution in [0.1, 0.15) is 18.9 Å². The summed E-state index contributed by atoms with van der Waals surface area (Å²) in [6, 6.07) is 7.49. The molecule has 0 amide bonds. The number of hydrogen-bond acceptors (Lipinski definition) is 3. The number of amidine groups is 1. The molecule has 4 heteroatoms. The molecule has 0 fully saturated rings. The van der Waals surface area contributed by atoms with Gasteiger partial charge in [0.15, 0.2) is 5.84 Å². The molecule has 0 aromatic heterocycles. The van der Waals surface area contributed by atoms with Gasteiger partial charge in [-0.1, -0.05) is 24.2 Å². The van der Waals surface area contributed by atoms with Crippen molar-refractivity contribution in [3.05, 3.63) is 29.8 Å². The van der Waals surface area contributed by atoms with Gasteiger partial charge in [-0.3, -0.25) is 0 Å². The lowest BCUT2D eigenvalue weighted by molar-refractivity contribution is 0.213. The number of hydrogen-bond donors (Lipinski definition) is 1. The summed E-state index contributed by atoms with van der Waals surface area (Å²) in [4.78, 5) is 4.62. The van der Waals surface area contributed by atoms with Gasteiger partial charge in [-0.2, -0.15) is 0 Å². The Morgan fingerprint density at radius 3 is 2.80 bits per heavy atom. The van der Waals surface area contributed by atoms with Gasteiger partial charge >= 0.3 is 0 Å². The van der Waals surface area contributed by atoms with Crippen LogP contribution in [0.4, 0.5) is 0 Å². The highest BCUT2D eigenvalue weighted by atomic mass is 16.6. The topological polar surface area (TPSA) is 56.8 Å². The minimum Gasteiger partial charge on any atom is -0.493 e. The Morgan fingerprint density at radius 1 is 1.40 bits per heavy atom. The largest absolute Gasteiger partial charge is 0.493 e. The van der Waals surface area contributed by atoms with Gasteiger partial charge in [-0.15, -0.1) is 0 Å². The van der Waals surface area contributed by atoms with Gasteiger partial charge in [0.1, 0.15) is 12.9 Å². The van der Waals surface area contributed by atoms with Crippen LogP contribution in [0.15, 0.2) is 29.4 Å². The van der Waals surface area contributed by atoms with Crippen LogP contribution in [-0.4, -0.2) is 19.6 Å². The molecule has 0 spiro atoms. The Balaban J connectivity index is 2.90. The minimum atomic E-state index is 0.323. The van der Waals surface area contributed by atoms with E-state index in [0.717, 1.165) is 17.7 Å². The normalized spacial score (nSPS) is 11.2. The maximum atomic E-state index is 5.72. The number of oxime groups is 1. The van der Waals surface area contributed by atoms with E-state index in [2.05, 4.69) is 16.9 Å². The second kappa shape index (κ2) is 5.90. The molecule has 82 valence electrons. The Labute approximate surface area is 89.7 Å². The summed E-state index contributed by atoms with van der Waals surface area (Å²) >= 11 is 0. The van der Waals surface area contributed by atoms with Crippen LogP contribution < -0.4 is 10.5 Å². The molecule has 1 rings (SSSR count). The number of nitrogens with two attached hydrogens (primary N) is 1. The second-order valence-corrected chi connectivity index (χ2v) is 3.00. The number of benzene rings is 1. The average Bonchev–Trinajstić information content (AvgIpc) is 2.27. The van der Waals surface area contributed by atoms with Crippen LogP contribution in [0.5, 0.6) is 5.75 Å². The highest BCUT2D eigenvalue weighted by molar-refractivity contribution is 5.99. The van der Waals surface area contributed by atoms with Crippen LogP contribution in [0, 0.1) is 0 Å². The van der Waals surface area contributed by atoms with Gasteiger partial charge in [0.05, 0.1) is 12.2 Å². The third-order valence-electron chi connectivity index (χ3n) is 1.81. The fraction of sp³-hybridized carbons (Fsp3) is 0.364. The maximum Gasteiger partial charge on any atom is 0.174 e. The number of ether oxygens (including phenoxy) is 1. The lowest BCUT2D eigenvalue weighted by Gasteiger charge is -2.09. The smallest absolute Gasteiger partial charge is 0.174 e. The van der Waals surface area contributed by atoms with Crippen molar-refractivity contribution in [2.45, 2.75) is 13.3 Å². The molecular weight excluding hydrogens is 192 g/mol. The first-order valence-corrected chi connectivity index (χ1v) is 4.88. The fourth-order valence-corrected chi connectivity index (χ4v) is 1.16. The lowest BCUT2D eigenvalue weighted by atomic mass is 10.2. The van der Waals surface area contributed by atoms with Crippen molar-refractivity contribution < 1.29 is 9.57 Å². The molecule has 4 nitrogen and oxygen atoms in total. The molecule has 1 aromatic rings. The van der Waals surface area contributed by atoms with Crippen LogP contribution in [0.25, 0.3) is 0 Å². The Morgan fingerprint density at radius 2 is 2.13 bits per heavy atom. The van der Waals surface area contributed by atoms with Gasteiger partial charge in [-0.25, -0.2) is 0 Å². The average molecular weight is 208 g/mol. The third-order valence-corrected chi connectivity index (χ3v) is 1.81. The van der Waals surface area contributed by atoms with Gasteiger partial charge in [-0.05, 0) is 18.6 Å². The molecule has 0 aliphatic carbocycles. The quantitative estimate of drug-likeness (QED) is 0.455. The van der Waals surface area contributed by atoms with Crippen molar-refractivity contribution in [2.75, 3.05) is 13.7 Å². The van der Waals surface area contributed by atoms with Crippen molar-refractivity contribution in [2.24, 2.45) is 10.9 Å². The highest BCUT2D eigenvalue weighted by Gasteiger charge is 2.06. The van der Waals surface area contributed by atoms with E-state index in [1.54, 1.807) is 0 Å². The van der Waals surface area contributed by atoms with E-state index in [0.29, 0.717) is 12.4 Å². The van der Waals surface area contributed by atoms with Gasteiger partial charge < -0.3 is 15.3 Å². The van der Waals surface area contributed by atoms with E-state index in [1.165, 1.54) is 7.11 Å².